The van der Waals surface area contributed by atoms with Gasteiger partial charge in [0.2, 0.25) is 0 Å². The van der Waals surface area contributed by atoms with E-state index in [1.807, 2.05) is 0 Å². The number of aryl methyl sites for hydroxylation is 2. The molecule has 0 unspecified atom stereocenters. The zero-order valence-electron chi connectivity index (χ0n) is 11.7. The Hall–Kier alpha value is -1.81. The second-order valence-electron chi connectivity index (χ2n) is 5.33. The molecule has 0 aromatic heterocycles. The minimum absolute atomic E-state index is 0.0988. The quantitative estimate of drug-likeness (QED) is 0.511. The van der Waals surface area contributed by atoms with Crippen molar-refractivity contribution in [3.05, 3.63) is 64.5 Å². The normalized spacial score (nSPS) is 13.2. The summed E-state index contributed by atoms with van der Waals surface area (Å²) in [7, 11) is 0. The Bertz CT molecular complexity index is 697. The van der Waals surface area contributed by atoms with Crippen LogP contribution in [0, 0.1) is 11.2 Å². The number of hydrogen-bond donors (Lipinski definition) is 2. The van der Waals surface area contributed by atoms with Crippen molar-refractivity contribution >= 4 is 17.6 Å². The number of fused-ring (bicyclic) bond motifs is 1. The fraction of sp³-hybridized carbons (Fsp3) is 0.235. The van der Waals surface area contributed by atoms with E-state index >= 15 is 0 Å². The van der Waals surface area contributed by atoms with Gasteiger partial charge in [-0.05, 0) is 66.3 Å². The van der Waals surface area contributed by atoms with Gasteiger partial charge in [-0.2, -0.15) is 0 Å². The number of halogens is 1. The van der Waals surface area contributed by atoms with Gasteiger partial charge in [0.15, 0.2) is 0 Å². The number of rotatable bonds is 4. The van der Waals surface area contributed by atoms with Gasteiger partial charge in [-0.3, -0.25) is 5.41 Å². The lowest BCUT2D eigenvalue weighted by Gasteiger charge is -2.07. The van der Waals surface area contributed by atoms with E-state index in [9.17, 15) is 4.39 Å². The lowest BCUT2D eigenvalue weighted by molar-refractivity contribution is 0.626. The van der Waals surface area contributed by atoms with Gasteiger partial charge in [0, 0.05) is 16.2 Å². The summed E-state index contributed by atoms with van der Waals surface area (Å²) >= 11 is 1.69. The number of amidine groups is 1. The maximum atomic E-state index is 13.5. The maximum absolute atomic E-state index is 13.5. The van der Waals surface area contributed by atoms with Crippen LogP contribution in [0.5, 0.6) is 0 Å². The largest absolute Gasteiger partial charge is 0.384 e. The molecule has 0 saturated carbocycles. The molecule has 0 fully saturated rings. The van der Waals surface area contributed by atoms with Crippen LogP contribution < -0.4 is 5.73 Å². The first-order valence-electron chi connectivity index (χ1n) is 7.00. The monoisotopic (exact) mass is 300 g/mol. The van der Waals surface area contributed by atoms with Crippen LogP contribution in [0.15, 0.2) is 41.3 Å². The molecule has 2 nitrogen and oxygen atoms in total. The predicted octanol–water partition coefficient (Wildman–Crippen LogP) is 3.89. The topological polar surface area (TPSA) is 49.9 Å². The standard InChI is InChI=1S/C17H17FN2S/c18-15-7-11(6-14(8-15)17(19)20)10-21-16-5-4-12-2-1-3-13(12)9-16/h4-9H,1-3,10H2,(H3,19,20). The lowest BCUT2D eigenvalue weighted by atomic mass is 10.1. The molecular weight excluding hydrogens is 283 g/mol. The van der Waals surface area contributed by atoms with Crippen molar-refractivity contribution in [1.82, 2.24) is 0 Å². The van der Waals surface area contributed by atoms with Gasteiger partial charge in [0.25, 0.3) is 0 Å². The summed E-state index contributed by atoms with van der Waals surface area (Å²) in [4.78, 5) is 1.21. The van der Waals surface area contributed by atoms with E-state index < -0.39 is 0 Å². The fourth-order valence-electron chi connectivity index (χ4n) is 2.69. The Labute approximate surface area is 128 Å². The van der Waals surface area contributed by atoms with Crippen molar-refractivity contribution in [2.45, 2.75) is 29.9 Å². The summed E-state index contributed by atoms with van der Waals surface area (Å²) in [6.07, 6.45) is 3.60. The number of nitrogens with one attached hydrogen (secondary N) is 1. The highest BCUT2D eigenvalue weighted by Crippen LogP contribution is 2.29. The van der Waals surface area contributed by atoms with Crippen LogP contribution >= 0.6 is 11.8 Å². The first-order chi connectivity index (χ1) is 10.1. The number of thioether (sulfide) groups is 1. The third-order valence-corrected chi connectivity index (χ3v) is 4.81. The van der Waals surface area contributed by atoms with E-state index in [2.05, 4.69) is 18.2 Å². The molecule has 1 aliphatic carbocycles. The SMILES string of the molecule is N=C(N)c1cc(F)cc(CSc2ccc3c(c2)CCC3)c1. The fourth-order valence-corrected chi connectivity index (χ4v) is 3.58. The Morgan fingerprint density at radius 1 is 1.14 bits per heavy atom. The molecule has 21 heavy (non-hydrogen) atoms. The third-order valence-electron chi connectivity index (χ3n) is 3.74. The Morgan fingerprint density at radius 3 is 2.76 bits per heavy atom. The van der Waals surface area contributed by atoms with Crippen molar-refractivity contribution in [1.29, 1.82) is 5.41 Å². The Balaban J connectivity index is 1.74. The van der Waals surface area contributed by atoms with Crippen molar-refractivity contribution in [2.24, 2.45) is 5.73 Å². The van der Waals surface area contributed by atoms with Crippen LogP contribution in [0.2, 0.25) is 0 Å². The second-order valence-corrected chi connectivity index (χ2v) is 6.38. The van der Waals surface area contributed by atoms with E-state index in [-0.39, 0.29) is 11.7 Å². The molecule has 0 saturated heterocycles. The van der Waals surface area contributed by atoms with Crippen LogP contribution in [0.3, 0.4) is 0 Å². The highest BCUT2D eigenvalue weighted by atomic mass is 32.2. The van der Waals surface area contributed by atoms with Gasteiger partial charge < -0.3 is 5.73 Å². The van der Waals surface area contributed by atoms with E-state index in [4.69, 9.17) is 11.1 Å². The molecule has 1 aliphatic rings. The van der Waals surface area contributed by atoms with Crippen LogP contribution in [0.4, 0.5) is 4.39 Å². The summed E-state index contributed by atoms with van der Waals surface area (Å²) in [6.45, 7) is 0. The van der Waals surface area contributed by atoms with Crippen molar-refractivity contribution < 1.29 is 4.39 Å². The lowest BCUT2D eigenvalue weighted by Crippen LogP contribution is -2.11. The predicted molar refractivity (Wildman–Crippen MR) is 85.4 cm³/mol. The molecule has 3 rings (SSSR count). The molecule has 0 amide bonds. The summed E-state index contributed by atoms with van der Waals surface area (Å²) in [6, 6.07) is 11.2. The molecule has 3 N–H and O–H groups in total. The van der Waals surface area contributed by atoms with Crippen LogP contribution in [-0.4, -0.2) is 5.84 Å². The van der Waals surface area contributed by atoms with Gasteiger partial charge in [-0.1, -0.05) is 6.07 Å². The molecule has 2 aromatic rings. The number of benzene rings is 2. The Kier molecular flexibility index (Phi) is 3.97. The van der Waals surface area contributed by atoms with Gasteiger partial charge in [-0.25, -0.2) is 4.39 Å². The van der Waals surface area contributed by atoms with Crippen molar-refractivity contribution in [2.75, 3.05) is 0 Å². The minimum Gasteiger partial charge on any atom is -0.384 e. The Morgan fingerprint density at radius 2 is 1.95 bits per heavy atom. The number of nitrogens with two attached hydrogens (primary N) is 1. The minimum atomic E-state index is -0.341. The molecule has 0 heterocycles. The smallest absolute Gasteiger partial charge is 0.124 e. The van der Waals surface area contributed by atoms with Crippen molar-refractivity contribution in [3.8, 4) is 0 Å². The summed E-state index contributed by atoms with van der Waals surface area (Å²) in [5.41, 5.74) is 9.64. The molecule has 0 spiro atoms. The van der Waals surface area contributed by atoms with E-state index in [1.165, 1.54) is 41.0 Å². The van der Waals surface area contributed by atoms with Crippen LogP contribution in [-0.2, 0) is 18.6 Å². The van der Waals surface area contributed by atoms with E-state index in [0.29, 0.717) is 11.3 Å². The highest BCUT2D eigenvalue weighted by molar-refractivity contribution is 7.98. The van der Waals surface area contributed by atoms with Gasteiger partial charge in [0.1, 0.15) is 11.7 Å². The average Bonchev–Trinajstić information content (AvgIpc) is 2.92. The third kappa shape index (κ3) is 3.27. The first-order valence-corrected chi connectivity index (χ1v) is 7.99. The maximum Gasteiger partial charge on any atom is 0.124 e. The molecule has 0 bridgehead atoms. The van der Waals surface area contributed by atoms with Crippen LogP contribution in [0.1, 0.15) is 28.7 Å². The summed E-state index contributed by atoms with van der Waals surface area (Å²) in [5.74, 6) is 0.238. The molecular formula is C17H17FN2S. The molecule has 2 aromatic carbocycles. The van der Waals surface area contributed by atoms with Crippen LogP contribution in [0.25, 0.3) is 0 Å². The molecule has 4 heteroatoms. The number of nitrogen functional groups attached to an aromatic ring is 1. The first kappa shape index (κ1) is 14.1. The zero-order valence-corrected chi connectivity index (χ0v) is 12.5. The van der Waals surface area contributed by atoms with Gasteiger partial charge in [-0.15, -0.1) is 11.8 Å². The molecule has 0 atom stereocenters. The highest BCUT2D eigenvalue weighted by Gasteiger charge is 2.11. The molecule has 108 valence electrons. The summed E-state index contributed by atoms with van der Waals surface area (Å²) in [5, 5.41) is 7.41. The zero-order chi connectivity index (χ0) is 14.8. The average molecular weight is 300 g/mol. The number of hydrogen-bond acceptors (Lipinski definition) is 2. The van der Waals surface area contributed by atoms with E-state index in [0.717, 1.165) is 12.0 Å². The molecule has 0 aliphatic heterocycles. The van der Waals surface area contributed by atoms with Crippen molar-refractivity contribution in [3.63, 3.8) is 0 Å². The van der Waals surface area contributed by atoms with Gasteiger partial charge >= 0.3 is 0 Å². The van der Waals surface area contributed by atoms with Gasteiger partial charge in [0.05, 0.1) is 0 Å². The molecule has 0 radical (unpaired) electrons. The van der Waals surface area contributed by atoms with E-state index in [1.54, 1.807) is 17.8 Å². The summed E-state index contributed by atoms with van der Waals surface area (Å²) < 4.78 is 13.5. The second kappa shape index (κ2) is 5.90.